The molecule has 0 radical (unpaired) electrons. The van der Waals surface area contributed by atoms with Crippen molar-refractivity contribution in [1.29, 1.82) is 5.26 Å². The van der Waals surface area contributed by atoms with Gasteiger partial charge in [0.1, 0.15) is 0 Å². The van der Waals surface area contributed by atoms with Gasteiger partial charge in [-0.2, -0.15) is 5.26 Å². The lowest BCUT2D eigenvalue weighted by molar-refractivity contribution is 0.124. The number of hydrogen-bond donors (Lipinski definition) is 0. The monoisotopic (exact) mass is 235 g/mol. The fraction of sp³-hybridized carbons (Fsp3) is 0.308. The maximum absolute atomic E-state index is 8.68. The second kappa shape index (κ2) is 6.32. The largest absolute Gasteiger partial charge is 0.376 e. The predicted octanol–water partition coefficient (Wildman–Crippen LogP) is 3.69. The van der Waals surface area contributed by atoms with E-state index in [2.05, 4.69) is 6.58 Å². The van der Waals surface area contributed by atoms with Gasteiger partial charge in [-0.25, -0.2) is 0 Å². The summed E-state index contributed by atoms with van der Waals surface area (Å²) in [5.41, 5.74) is 2.57. The molecule has 84 valence electrons. The Morgan fingerprint density at radius 2 is 2.31 bits per heavy atom. The normalized spacial score (nSPS) is 9.81. The molecule has 0 N–H and O–H groups in total. The van der Waals surface area contributed by atoms with E-state index in [-0.39, 0.29) is 0 Å². The Hall–Kier alpha value is -1.30. The van der Waals surface area contributed by atoms with E-state index in [1.165, 1.54) is 0 Å². The number of nitriles is 1. The van der Waals surface area contributed by atoms with Gasteiger partial charge >= 0.3 is 0 Å². The third kappa shape index (κ3) is 4.06. The van der Waals surface area contributed by atoms with E-state index >= 15 is 0 Å². The van der Waals surface area contributed by atoms with Crippen LogP contribution in [0.3, 0.4) is 0 Å². The zero-order valence-corrected chi connectivity index (χ0v) is 10.0. The molecule has 0 amide bonds. The van der Waals surface area contributed by atoms with Gasteiger partial charge < -0.3 is 4.74 Å². The molecule has 0 heterocycles. The topological polar surface area (TPSA) is 33.0 Å². The van der Waals surface area contributed by atoms with Gasteiger partial charge in [-0.3, -0.25) is 0 Å². The van der Waals surface area contributed by atoms with Crippen LogP contribution >= 0.6 is 11.6 Å². The minimum Gasteiger partial charge on any atom is -0.376 e. The summed E-state index contributed by atoms with van der Waals surface area (Å²) >= 11 is 6.00. The number of benzene rings is 1. The summed E-state index contributed by atoms with van der Waals surface area (Å²) in [7, 11) is 0. The van der Waals surface area contributed by atoms with Gasteiger partial charge in [0.25, 0.3) is 0 Å². The van der Waals surface area contributed by atoms with Crippen molar-refractivity contribution in [1.82, 2.24) is 0 Å². The minimum absolute atomic E-state index is 0.470. The van der Waals surface area contributed by atoms with Crippen molar-refractivity contribution in [3.63, 3.8) is 0 Å². The number of ether oxygens (including phenoxy) is 1. The van der Waals surface area contributed by atoms with Crippen LogP contribution < -0.4 is 0 Å². The molecule has 0 aliphatic rings. The summed E-state index contributed by atoms with van der Waals surface area (Å²) in [5.74, 6) is 0. The Labute approximate surface area is 101 Å². The van der Waals surface area contributed by atoms with E-state index in [9.17, 15) is 0 Å². The SMILES string of the molecule is C=C(C)CCOCc1ccc(C#N)cc1Cl. The fourth-order valence-electron chi connectivity index (χ4n) is 1.16. The average molecular weight is 236 g/mol. The molecule has 0 saturated carbocycles. The number of halogens is 1. The van der Waals surface area contributed by atoms with Crippen LogP contribution in [0.1, 0.15) is 24.5 Å². The van der Waals surface area contributed by atoms with Crippen molar-refractivity contribution >= 4 is 11.6 Å². The first-order chi connectivity index (χ1) is 7.63. The van der Waals surface area contributed by atoms with E-state index in [1.807, 2.05) is 19.1 Å². The third-order valence-corrected chi connectivity index (χ3v) is 2.46. The lowest BCUT2D eigenvalue weighted by atomic mass is 10.1. The highest BCUT2D eigenvalue weighted by Gasteiger charge is 2.01. The zero-order chi connectivity index (χ0) is 12.0. The molecule has 2 nitrogen and oxygen atoms in total. The zero-order valence-electron chi connectivity index (χ0n) is 9.29. The molecule has 16 heavy (non-hydrogen) atoms. The van der Waals surface area contributed by atoms with Crippen LogP contribution in [-0.2, 0) is 11.3 Å². The van der Waals surface area contributed by atoms with Crippen LogP contribution in [0.5, 0.6) is 0 Å². The lowest BCUT2D eigenvalue weighted by Gasteiger charge is -2.06. The summed E-state index contributed by atoms with van der Waals surface area (Å²) in [4.78, 5) is 0. The molecule has 3 heteroatoms. The molecule has 0 aliphatic carbocycles. The quantitative estimate of drug-likeness (QED) is 0.576. The molecular formula is C13H14ClNO. The number of hydrogen-bond acceptors (Lipinski definition) is 2. The third-order valence-electron chi connectivity index (χ3n) is 2.11. The molecule has 0 fully saturated rings. The van der Waals surface area contributed by atoms with Crippen molar-refractivity contribution in [3.8, 4) is 6.07 Å². The highest BCUT2D eigenvalue weighted by atomic mass is 35.5. The van der Waals surface area contributed by atoms with Gasteiger partial charge in [0.2, 0.25) is 0 Å². The molecule has 0 saturated heterocycles. The molecule has 1 aromatic rings. The maximum atomic E-state index is 8.68. The van der Waals surface area contributed by atoms with Crippen LogP contribution in [0, 0.1) is 11.3 Å². The van der Waals surface area contributed by atoms with Crippen molar-refractivity contribution < 1.29 is 4.74 Å². The molecular weight excluding hydrogens is 222 g/mol. The maximum Gasteiger partial charge on any atom is 0.0992 e. The van der Waals surface area contributed by atoms with Gasteiger partial charge in [0, 0.05) is 5.02 Å². The van der Waals surface area contributed by atoms with Crippen molar-refractivity contribution in [2.75, 3.05) is 6.61 Å². The Kier molecular flexibility index (Phi) is 5.04. The van der Waals surface area contributed by atoms with Crippen LogP contribution in [0.15, 0.2) is 30.4 Å². The predicted molar refractivity (Wildman–Crippen MR) is 65.3 cm³/mol. The Balaban J connectivity index is 2.49. The molecule has 0 bridgehead atoms. The molecule has 0 unspecified atom stereocenters. The molecule has 0 aliphatic heterocycles. The highest BCUT2D eigenvalue weighted by Crippen LogP contribution is 2.18. The van der Waals surface area contributed by atoms with E-state index < -0.39 is 0 Å². The standard InChI is InChI=1S/C13H14ClNO/c1-10(2)5-6-16-9-12-4-3-11(8-15)7-13(12)14/h3-4,7H,1,5-6,9H2,2H3. The van der Waals surface area contributed by atoms with Gasteiger partial charge in [0.15, 0.2) is 0 Å². The summed E-state index contributed by atoms with van der Waals surface area (Å²) in [6, 6.07) is 7.25. The van der Waals surface area contributed by atoms with Gasteiger partial charge in [-0.1, -0.05) is 23.2 Å². The van der Waals surface area contributed by atoms with Gasteiger partial charge in [0.05, 0.1) is 24.8 Å². The second-order valence-corrected chi connectivity index (χ2v) is 4.08. The molecule has 0 atom stereocenters. The first-order valence-corrected chi connectivity index (χ1v) is 5.42. The van der Waals surface area contributed by atoms with E-state index in [4.69, 9.17) is 21.6 Å². The summed E-state index contributed by atoms with van der Waals surface area (Å²) in [6.07, 6.45) is 0.855. The first-order valence-electron chi connectivity index (χ1n) is 5.04. The summed E-state index contributed by atoms with van der Waals surface area (Å²) < 4.78 is 5.46. The lowest BCUT2D eigenvalue weighted by Crippen LogP contribution is -1.96. The first kappa shape index (κ1) is 12.8. The van der Waals surface area contributed by atoms with Crippen LogP contribution in [0.4, 0.5) is 0 Å². The molecule has 1 rings (SSSR count). The minimum atomic E-state index is 0.470. The molecule has 0 aromatic heterocycles. The van der Waals surface area contributed by atoms with Crippen molar-refractivity contribution in [2.24, 2.45) is 0 Å². The Bertz CT molecular complexity index is 420. The van der Waals surface area contributed by atoms with Crippen LogP contribution in [-0.4, -0.2) is 6.61 Å². The average Bonchev–Trinajstić information content (AvgIpc) is 2.25. The van der Waals surface area contributed by atoms with Crippen molar-refractivity contribution in [3.05, 3.63) is 46.5 Å². The fourth-order valence-corrected chi connectivity index (χ4v) is 1.40. The molecule has 0 spiro atoms. The summed E-state index contributed by atoms with van der Waals surface area (Å²) in [6.45, 7) is 6.88. The van der Waals surface area contributed by atoms with Crippen molar-refractivity contribution in [2.45, 2.75) is 20.0 Å². The van der Waals surface area contributed by atoms with Gasteiger partial charge in [-0.15, -0.1) is 6.58 Å². The number of rotatable bonds is 5. The Morgan fingerprint density at radius 3 is 2.88 bits per heavy atom. The number of nitrogens with zero attached hydrogens (tertiary/aromatic N) is 1. The van der Waals surface area contributed by atoms with E-state index in [1.54, 1.807) is 12.1 Å². The smallest absolute Gasteiger partial charge is 0.0992 e. The van der Waals surface area contributed by atoms with Gasteiger partial charge in [-0.05, 0) is 31.0 Å². The Morgan fingerprint density at radius 1 is 1.56 bits per heavy atom. The van der Waals surface area contributed by atoms with E-state index in [0.29, 0.717) is 23.8 Å². The van der Waals surface area contributed by atoms with E-state index in [0.717, 1.165) is 17.6 Å². The second-order valence-electron chi connectivity index (χ2n) is 3.68. The van der Waals surface area contributed by atoms with Crippen LogP contribution in [0.25, 0.3) is 0 Å². The summed E-state index contributed by atoms with van der Waals surface area (Å²) in [5, 5.41) is 9.26. The highest BCUT2D eigenvalue weighted by molar-refractivity contribution is 6.31. The van der Waals surface area contributed by atoms with Crippen LogP contribution in [0.2, 0.25) is 5.02 Å². The molecule has 1 aromatic carbocycles.